The minimum atomic E-state index is -0.277. The van der Waals surface area contributed by atoms with Gasteiger partial charge in [0.05, 0.1) is 19.6 Å². The molecule has 0 aromatic carbocycles. The van der Waals surface area contributed by atoms with Crippen LogP contribution in [0.1, 0.15) is 71.1 Å². The first-order valence-corrected chi connectivity index (χ1v) is 9.83. The lowest BCUT2D eigenvalue weighted by Crippen LogP contribution is -2.10. The minimum absolute atomic E-state index is 0.181. The Kier molecular flexibility index (Phi) is 16.5. The van der Waals surface area contributed by atoms with Crippen LogP contribution in [0.2, 0.25) is 0 Å². The van der Waals surface area contributed by atoms with Gasteiger partial charge in [0.25, 0.3) is 0 Å². The second-order valence-corrected chi connectivity index (χ2v) is 6.81. The topological polar surface area (TPSA) is 46.5 Å². The van der Waals surface area contributed by atoms with Crippen LogP contribution in [0.25, 0.3) is 0 Å². The highest BCUT2D eigenvalue weighted by Gasteiger charge is 2.04. The molecule has 22 heavy (non-hydrogen) atoms. The Balaban J connectivity index is 3.31. The average molecular weight is 331 g/mol. The van der Waals surface area contributed by atoms with Gasteiger partial charge in [0.1, 0.15) is 0 Å². The Hall–Kier alpha value is -0.480. The zero-order chi connectivity index (χ0) is 16.5. The zero-order valence-corrected chi connectivity index (χ0v) is 15.2. The Morgan fingerprint density at radius 2 is 1.82 bits per heavy atom. The number of esters is 1. The molecular formula is C18H34O3S. The fourth-order valence-corrected chi connectivity index (χ4v) is 3.04. The molecule has 0 saturated heterocycles. The van der Waals surface area contributed by atoms with Crippen molar-refractivity contribution in [1.82, 2.24) is 0 Å². The molecule has 0 amide bonds. The summed E-state index contributed by atoms with van der Waals surface area (Å²) in [6.45, 7) is 2.24. The Bertz CT molecular complexity index is 280. The van der Waals surface area contributed by atoms with E-state index in [1.807, 2.05) is 0 Å². The first-order chi connectivity index (χ1) is 10.7. The number of aliphatic hydroxyl groups is 1. The third kappa shape index (κ3) is 15.9. The van der Waals surface area contributed by atoms with E-state index in [1.165, 1.54) is 45.6 Å². The molecule has 0 aliphatic rings. The molecule has 0 radical (unpaired) electrons. The lowest BCUT2D eigenvalue weighted by Gasteiger charge is -2.08. The van der Waals surface area contributed by atoms with E-state index in [0.717, 1.165) is 25.0 Å². The molecule has 0 aliphatic carbocycles. The van der Waals surface area contributed by atoms with E-state index in [2.05, 4.69) is 23.8 Å². The molecule has 0 bridgehead atoms. The van der Waals surface area contributed by atoms with E-state index < -0.39 is 0 Å². The van der Waals surface area contributed by atoms with Crippen molar-refractivity contribution in [3.63, 3.8) is 0 Å². The van der Waals surface area contributed by atoms with E-state index in [1.54, 1.807) is 11.8 Å². The maximum atomic E-state index is 10.9. The van der Waals surface area contributed by atoms with Gasteiger partial charge in [-0.05, 0) is 25.7 Å². The molecule has 1 N–H and O–H groups in total. The summed E-state index contributed by atoms with van der Waals surface area (Å²) in [7, 11) is 1.40. The zero-order valence-electron chi connectivity index (χ0n) is 14.4. The highest BCUT2D eigenvalue weighted by Crippen LogP contribution is 2.10. The van der Waals surface area contributed by atoms with Crippen LogP contribution in [0, 0.1) is 0 Å². The third-order valence-electron chi connectivity index (χ3n) is 3.55. The minimum Gasteiger partial charge on any atom is -0.469 e. The summed E-state index contributed by atoms with van der Waals surface area (Å²) in [6, 6.07) is 0. The molecule has 4 heteroatoms. The van der Waals surface area contributed by atoms with Crippen LogP contribution in [-0.4, -0.2) is 35.8 Å². The molecule has 0 saturated carbocycles. The normalized spacial score (nSPS) is 12.7. The molecule has 0 heterocycles. The van der Waals surface area contributed by atoms with E-state index in [-0.39, 0.29) is 12.1 Å². The van der Waals surface area contributed by atoms with Crippen LogP contribution in [0.15, 0.2) is 12.2 Å². The Labute approximate surface area is 140 Å². The van der Waals surface area contributed by atoms with Gasteiger partial charge in [0, 0.05) is 11.5 Å². The molecule has 0 aliphatic heterocycles. The van der Waals surface area contributed by atoms with E-state index >= 15 is 0 Å². The summed E-state index contributed by atoms with van der Waals surface area (Å²) in [4.78, 5) is 10.9. The van der Waals surface area contributed by atoms with Crippen LogP contribution in [0.3, 0.4) is 0 Å². The quantitative estimate of drug-likeness (QED) is 0.268. The molecule has 1 atom stereocenters. The number of ether oxygens (including phenoxy) is 1. The number of hydrogen-bond donors (Lipinski definition) is 1. The standard InChI is InChI=1S/C18H34O3S/c1-3-4-5-6-7-8-9-10-11-12-13-17(19)16-22-15-14-18(20)21-2/h10-11,17,19H,3-9,12-16H2,1-2H3/b11-10-. The summed E-state index contributed by atoms with van der Waals surface area (Å²) in [6.07, 6.45) is 15.5. The molecular weight excluding hydrogens is 296 g/mol. The summed E-state index contributed by atoms with van der Waals surface area (Å²) < 4.78 is 4.57. The van der Waals surface area contributed by atoms with Crippen molar-refractivity contribution in [1.29, 1.82) is 0 Å². The molecule has 0 aromatic heterocycles. The van der Waals surface area contributed by atoms with Gasteiger partial charge in [0.15, 0.2) is 0 Å². The maximum Gasteiger partial charge on any atom is 0.306 e. The SMILES string of the molecule is CCCCCCCC/C=C\CCC(O)CSCCC(=O)OC. The van der Waals surface area contributed by atoms with Gasteiger partial charge in [-0.15, -0.1) is 0 Å². The van der Waals surface area contributed by atoms with Crippen LogP contribution in [0.4, 0.5) is 0 Å². The second-order valence-electron chi connectivity index (χ2n) is 5.66. The number of methoxy groups -OCH3 is 1. The van der Waals surface area contributed by atoms with Crippen molar-refractivity contribution in [3.8, 4) is 0 Å². The van der Waals surface area contributed by atoms with E-state index in [4.69, 9.17) is 0 Å². The van der Waals surface area contributed by atoms with Crippen molar-refractivity contribution >= 4 is 17.7 Å². The fraction of sp³-hybridized carbons (Fsp3) is 0.833. The van der Waals surface area contributed by atoms with Gasteiger partial charge in [0.2, 0.25) is 0 Å². The van der Waals surface area contributed by atoms with Gasteiger partial charge < -0.3 is 9.84 Å². The summed E-state index contributed by atoms with van der Waals surface area (Å²) in [5.74, 6) is 1.24. The number of allylic oxidation sites excluding steroid dienone is 2. The number of hydrogen-bond acceptors (Lipinski definition) is 4. The smallest absolute Gasteiger partial charge is 0.306 e. The average Bonchev–Trinajstić information content (AvgIpc) is 2.53. The van der Waals surface area contributed by atoms with Gasteiger partial charge in [-0.2, -0.15) is 11.8 Å². The van der Waals surface area contributed by atoms with Crippen LogP contribution >= 0.6 is 11.8 Å². The van der Waals surface area contributed by atoms with Crippen LogP contribution < -0.4 is 0 Å². The van der Waals surface area contributed by atoms with Gasteiger partial charge in [-0.25, -0.2) is 0 Å². The Morgan fingerprint density at radius 3 is 2.55 bits per heavy atom. The molecule has 130 valence electrons. The van der Waals surface area contributed by atoms with Crippen LogP contribution in [0.5, 0.6) is 0 Å². The van der Waals surface area contributed by atoms with E-state index in [9.17, 15) is 9.90 Å². The highest BCUT2D eigenvalue weighted by atomic mass is 32.2. The van der Waals surface area contributed by atoms with Gasteiger partial charge in [-0.3, -0.25) is 4.79 Å². The summed E-state index contributed by atoms with van der Waals surface area (Å²) >= 11 is 1.61. The first-order valence-electron chi connectivity index (χ1n) is 8.68. The predicted octanol–water partition coefficient (Wildman–Crippen LogP) is 4.73. The van der Waals surface area contributed by atoms with Crippen molar-refractivity contribution in [2.24, 2.45) is 0 Å². The molecule has 0 rings (SSSR count). The molecule has 0 aromatic rings. The summed E-state index contributed by atoms with van der Waals surface area (Å²) in [5.41, 5.74) is 0. The number of aliphatic hydroxyl groups excluding tert-OH is 1. The maximum absolute atomic E-state index is 10.9. The monoisotopic (exact) mass is 330 g/mol. The largest absolute Gasteiger partial charge is 0.469 e. The first kappa shape index (κ1) is 21.5. The lowest BCUT2D eigenvalue weighted by atomic mass is 10.1. The predicted molar refractivity (Wildman–Crippen MR) is 96.3 cm³/mol. The number of carbonyl (C=O) groups excluding carboxylic acids is 1. The summed E-state index contributed by atoms with van der Waals surface area (Å²) in [5, 5.41) is 9.82. The van der Waals surface area contributed by atoms with Crippen molar-refractivity contribution in [2.75, 3.05) is 18.6 Å². The number of rotatable bonds is 15. The second kappa shape index (κ2) is 16.9. The Morgan fingerprint density at radius 1 is 1.14 bits per heavy atom. The number of unbranched alkanes of at least 4 members (excludes halogenated alkanes) is 6. The fourth-order valence-electron chi connectivity index (χ4n) is 2.13. The molecule has 0 spiro atoms. The molecule has 3 nitrogen and oxygen atoms in total. The highest BCUT2D eigenvalue weighted by molar-refractivity contribution is 7.99. The lowest BCUT2D eigenvalue weighted by molar-refractivity contribution is -0.140. The van der Waals surface area contributed by atoms with Crippen molar-refractivity contribution < 1.29 is 14.6 Å². The van der Waals surface area contributed by atoms with Crippen molar-refractivity contribution in [2.45, 2.75) is 77.2 Å². The van der Waals surface area contributed by atoms with Gasteiger partial charge >= 0.3 is 5.97 Å². The van der Waals surface area contributed by atoms with Crippen LogP contribution in [-0.2, 0) is 9.53 Å². The van der Waals surface area contributed by atoms with E-state index in [0.29, 0.717) is 12.2 Å². The van der Waals surface area contributed by atoms with Crippen molar-refractivity contribution in [3.05, 3.63) is 12.2 Å². The molecule has 1 unspecified atom stereocenters. The molecule has 0 fully saturated rings. The van der Waals surface area contributed by atoms with Gasteiger partial charge in [-0.1, -0.05) is 51.2 Å². The number of carbonyl (C=O) groups is 1. The third-order valence-corrected chi connectivity index (χ3v) is 4.66. The number of thioether (sulfide) groups is 1.